The normalized spacial score (nSPS) is 10.7. The molecule has 0 aliphatic rings. The van der Waals surface area contributed by atoms with Gasteiger partial charge in [0.05, 0.1) is 5.56 Å². The molecule has 0 amide bonds. The number of hydrogen-bond donors (Lipinski definition) is 0. The lowest BCUT2D eigenvalue weighted by Gasteiger charge is -2.15. The van der Waals surface area contributed by atoms with E-state index in [1.807, 2.05) is 37.3 Å². The lowest BCUT2D eigenvalue weighted by molar-refractivity contribution is -0.132. The summed E-state index contributed by atoms with van der Waals surface area (Å²) in [4.78, 5) is 35.8. The lowest BCUT2D eigenvalue weighted by atomic mass is 10.0. The summed E-state index contributed by atoms with van der Waals surface area (Å²) in [6.07, 6.45) is 3.65. The highest BCUT2D eigenvalue weighted by Gasteiger charge is 2.25. The van der Waals surface area contributed by atoms with Crippen LogP contribution < -0.4 is 9.47 Å². The van der Waals surface area contributed by atoms with Crippen LogP contribution in [0.2, 0.25) is 0 Å². The maximum Gasteiger partial charge on any atom is 0.308 e. The number of ether oxygens (including phenoxy) is 2. The molecule has 0 radical (unpaired) electrons. The third-order valence-electron chi connectivity index (χ3n) is 5.17. The first kappa shape index (κ1) is 23.6. The van der Waals surface area contributed by atoms with E-state index in [0.717, 1.165) is 5.69 Å². The second kappa shape index (κ2) is 9.72. The number of carbonyl (C=O) groups is 3. The third kappa shape index (κ3) is 4.86. The highest BCUT2D eigenvalue weighted by Crippen LogP contribution is 2.40. The average molecular weight is 473 g/mol. The number of aryl methyl sites for hydroxylation is 1. The van der Waals surface area contributed by atoms with Crippen LogP contribution in [-0.4, -0.2) is 42.4 Å². The van der Waals surface area contributed by atoms with Gasteiger partial charge in [-0.25, -0.2) is 4.68 Å². The Morgan fingerprint density at radius 2 is 1.60 bits per heavy atom. The number of esters is 2. The van der Waals surface area contributed by atoms with E-state index in [1.165, 1.54) is 31.5 Å². The third-order valence-corrected chi connectivity index (χ3v) is 5.17. The van der Waals surface area contributed by atoms with E-state index < -0.39 is 11.9 Å². The van der Waals surface area contributed by atoms with Crippen molar-refractivity contribution in [2.45, 2.75) is 34.1 Å². The first-order valence-corrected chi connectivity index (χ1v) is 10.9. The van der Waals surface area contributed by atoms with E-state index in [4.69, 9.17) is 9.47 Å². The van der Waals surface area contributed by atoms with Gasteiger partial charge < -0.3 is 9.47 Å². The van der Waals surface area contributed by atoms with Gasteiger partial charge >= 0.3 is 11.9 Å². The topological polar surface area (TPSA) is 118 Å². The van der Waals surface area contributed by atoms with Crippen molar-refractivity contribution in [1.82, 2.24) is 24.5 Å². The van der Waals surface area contributed by atoms with Gasteiger partial charge in [0.2, 0.25) is 5.91 Å². The molecular weight excluding hydrogens is 450 g/mol. The molecule has 0 spiro atoms. The van der Waals surface area contributed by atoms with Crippen LogP contribution in [0.25, 0.3) is 28.3 Å². The Bertz CT molecular complexity index is 1420. The summed E-state index contributed by atoms with van der Waals surface area (Å²) in [7, 11) is 0. The van der Waals surface area contributed by atoms with Crippen LogP contribution in [0.4, 0.5) is 0 Å². The predicted molar refractivity (Wildman–Crippen MR) is 126 cm³/mol. The van der Waals surface area contributed by atoms with Crippen LogP contribution in [-0.2, 0) is 16.0 Å². The Morgan fingerprint density at radius 1 is 0.914 bits per heavy atom. The molecule has 0 aliphatic carbocycles. The Labute approximate surface area is 201 Å². The molecule has 2 heterocycles. The minimum absolute atomic E-state index is 0.131. The first-order valence-electron chi connectivity index (χ1n) is 10.9. The van der Waals surface area contributed by atoms with E-state index in [9.17, 15) is 14.4 Å². The van der Waals surface area contributed by atoms with Crippen LogP contribution in [0.15, 0.2) is 55.0 Å². The molecule has 2 aromatic carbocycles. The number of para-hydroxylation sites is 1. The monoisotopic (exact) mass is 473 g/mol. The maximum absolute atomic E-state index is 12.2. The molecular formula is C25H23N5O5. The molecule has 10 heteroatoms. The van der Waals surface area contributed by atoms with Crippen LogP contribution >= 0.6 is 0 Å². The fourth-order valence-electron chi connectivity index (χ4n) is 3.65. The van der Waals surface area contributed by atoms with Gasteiger partial charge in [0.15, 0.2) is 5.82 Å². The van der Waals surface area contributed by atoms with Crippen LogP contribution in [0, 0.1) is 0 Å². The highest BCUT2D eigenvalue weighted by atomic mass is 16.5. The number of nitrogens with zero attached hydrogens (tertiary/aromatic N) is 5. The van der Waals surface area contributed by atoms with E-state index in [0.29, 0.717) is 34.6 Å². The van der Waals surface area contributed by atoms with Gasteiger partial charge in [-0.15, -0.1) is 10.2 Å². The Hall–Kier alpha value is -4.60. The van der Waals surface area contributed by atoms with Gasteiger partial charge in [-0.05, 0) is 30.2 Å². The van der Waals surface area contributed by atoms with Crippen molar-refractivity contribution in [3.8, 4) is 39.8 Å². The molecule has 10 nitrogen and oxygen atoms in total. The molecule has 0 aliphatic heterocycles. The van der Waals surface area contributed by atoms with Crippen molar-refractivity contribution in [1.29, 1.82) is 0 Å². The molecule has 0 bridgehead atoms. The molecule has 0 saturated heterocycles. The average Bonchev–Trinajstić information content (AvgIpc) is 3.46. The van der Waals surface area contributed by atoms with E-state index in [2.05, 4.69) is 15.3 Å². The van der Waals surface area contributed by atoms with Gasteiger partial charge in [-0.3, -0.25) is 19.0 Å². The maximum atomic E-state index is 12.2. The van der Waals surface area contributed by atoms with Crippen molar-refractivity contribution >= 4 is 17.8 Å². The van der Waals surface area contributed by atoms with Crippen molar-refractivity contribution < 1.29 is 23.9 Å². The fourth-order valence-corrected chi connectivity index (χ4v) is 3.65. The lowest BCUT2D eigenvalue weighted by Crippen LogP contribution is -2.08. The molecule has 0 fully saturated rings. The van der Waals surface area contributed by atoms with Gasteiger partial charge in [-0.1, -0.05) is 25.1 Å². The van der Waals surface area contributed by atoms with Crippen LogP contribution in [0.3, 0.4) is 0 Å². The van der Waals surface area contributed by atoms with Crippen molar-refractivity contribution in [3.05, 3.63) is 60.6 Å². The molecule has 2 aromatic heterocycles. The molecule has 0 saturated carbocycles. The SMILES string of the molecule is CCc1cc(-c2nn(C(C)=O)cc2-c2nncn2-c2ccccc2)c(OC(C)=O)cc1OC(C)=O. The standard InChI is InChI=1S/C25H23N5O5/c1-5-18-11-20(23(35-17(4)33)12-22(18)34-16(3)32)24-21(13-30(28-24)15(2)31)25-27-26-14-29(25)19-9-7-6-8-10-19/h6-14H,5H2,1-4H3. The summed E-state index contributed by atoms with van der Waals surface area (Å²) < 4.78 is 13.8. The zero-order valence-electron chi connectivity index (χ0n) is 19.7. The second-order valence-electron chi connectivity index (χ2n) is 7.71. The summed E-state index contributed by atoms with van der Waals surface area (Å²) in [5.41, 5.74) is 2.79. The minimum atomic E-state index is -0.565. The smallest absolute Gasteiger partial charge is 0.308 e. The van der Waals surface area contributed by atoms with Gasteiger partial charge in [-0.2, -0.15) is 5.10 Å². The first-order chi connectivity index (χ1) is 16.8. The molecule has 0 atom stereocenters. The fraction of sp³-hybridized carbons (Fsp3) is 0.200. The summed E-state index contributed by atoms with van der Waals surface area (Å²) in [5.74, 6) is -0.533. The molecule has 35 heavy (non-hydrogen) atoms. The number of aromatic nitrogens is 5. The Morgan fingerprint density at radius 3 is 2.23 bits per heavy atom. The quantitative estimate of drug-likeness (QED) is 0.306. The van der Waals surface area contributed by atoms with E-state index in [1.54, 1.807) is 23.2 Å². The number of hydrogen-bond acceptors (Lipinski definition) is 8. The molecule has 0 unspecified atom stereocenters. The van der Waals surface area contributed by atoms with Crippen molar-refractivity contribution in [3.63, 3.8) is 0 Å². The van der Waals surface area contributed by atoms with E-state index in [-0.39, 0.29) is 17.4 Å². The molecule has 178 valence electrons. The summed E-state index contributed by atoms with van der Waals surface area (Å²) in [6, 6.07) is 12.7. The summed E-state index contributed by atoms with van der Waals surface area (Å²) in [5, 5.41) is 12.8. The number of benzene rings is 2. The Kier molecular flexibility index (Phi) is 6.54. The number of rotatable bonds is 6. The zero-order chi connectivity index (χ0) is 25.1. The summed E-state index contributed by atoms with van der Waals surface area (Å²) >= 11 is 0. The highest BCUT2D eigenvalue weighted by molar-refractivity contribution is 5.87. The molecule has 4 aromatic rings. The van der Waals surface area contributed by atoms with Gasteiger partial charge in [0.1, 0.15) is 23.5 Å². The summed E-state index contributed by atoms with van der Waals surface area (Å²) in [6.45, 7) is 5.85. The second-order valence-corrected chi connectivity index (χ2v) is 7.71. The van der Waals surface area contributed by atoms with Crippen LogP contribution in [0.5, 0.6) is 11.5 Å². The Balaban J connectivity index is 1.98. The predicted octanol–water partition coefficient (Wildman–Crippen LogP) is 3.87. The largest absolute Gasteiger partial charge is 0.426 e. The van der Waals surface area contributed by atoms with Gasteiger partial charge in [0, 0.05) is 44.3 Å². The van der Waals surface area contributed by atoms with Gasteiger partial charge in [0.25, 0.3) is 0 Å². The van der Waals surface area contributed by atoms with Crippen molar-refractivity contribution in [2.75, 3.05) is 0 Å². The van der Waals surface area contributed by atoms with E-state index >= 15 is 0 Å². The molecule has 4 rings (SSSR count). The minimum Gasteiger partial charge on any atom is -0.426 e. The zero-order valence-corrected chi connectivity index (χ0v) is 19.7. The molecule has 0 N–H and O–H groups in total. The van der Waals surface area contributed by atoms with Crippen LogP contribution in [0.1, 0.15) is 38.1 Å². The number of carbonyl (C=O) groups excluding carboxylic acids is 3. The van der Waals surface area contributed by atoms with Crippen molar-refractivity contribution in [2.24, 2.45) is 0 Å².